The fourth-order valence-corrected chi connectivity index (χ4v) is 5.18. The lowest BCUT2D eigenvalue weighted by Crippen LogP contribution is -2.16. The van der Waals surface area contributed by atoms with Gasteiger partial charge in [-0.25, -0.2) is 13.2 Å². The highest BCUT2D eigenvalue weighted by Gasteiger charge is 2.32. The number of anilines is 1. The van der Waals surface area contributed by atoms with E-state index in [1.165, 1.54) is 37.6 Å². The third kappa shape index (κ3) is 5.43. The van der Waals surface area contributed by atoms with Crippen LogP contribution in [0.1, 0.15) is 26.4 Å². The van der Waals surface area contributed by atoms with Crippen molar-refractivity contribution in [1.29, 1.82) is 0 Å². The molecule has 0 bridgehead atoms. The Labute approximate surface area is 197 Å². The minimum atomic E-state index is -4.73. The maximum atomic E-state index is 13.3. The lowest BCUT2D eigenvalue weighted by molar-refractivity contribution is -0.137. The van der Waals surface area contributed by atoms with E-state index in [0.29, 0.717) is 22.2 Å². The minimum Gasteiger partial charge on any atom is -0.465 e. The molecule has 0 amide bonds. The Hall–Kier alpha value is -2.76. The summed E-state index contributed by atoms with van der Waals surface area (Å²) in [6.45, 7) is 3.11. The monoisotopic (exact) mass is 519 g/mol. The van der Waals surface area contributed by atoms with Crippen LogP contribution < -0.4 is 9.46 Å². The van der Waals surface area contributed by atoms with Crippen LogP contribution in [0.2, 0.25) is 5.02 Å². The number of benzene rings is 2. The van der Waals surface area contributed by atoms with E-state index in [1.807, 2.05) is 0 Å². The third-order valence-corrected chi connectivity index (χ3v) is 7.31. The molecule has 0 saturated carbocycles. The molecule has 6 nitrogen and oxygen atoms in total. The summed E-state index contributed by atoms with van der Waals surface area (Å²) in [5, 5.41) is 1.87. The van der Waals surface area contributed by atoms with Gasteiger partial charge in [-0.15, -0.1) is 11.3 Å². The molecule has 33 heavy (non-hydrogen) atoms. The molecule has 12 heteroatoms. The first-order valence-corrected chi connectivity index (χ1v) is 11.9. The van der Waals surface area contributed by atoms with Gasteiger partial charge in [-0.1, -0.05) is 11.6 Å². The fourth-order valence-electron chi connectivity index (χ4n) is 2.86. The van der Waals surface area contributed by atoms with Crippen LogP contribution in [0.15, 0.2) is 46.7 Å². The van der Waals surface area contributed by atoms with E-state index in [4.69, 9.17) is 16.3 Å². The average molecular weight is 520 g/mol. The number of halogens is 4. The Bertz CT molecular complexity index is 1320. The molecule has 3 aromatic rings. The van der Waals surface area contributed by atoms with Gasteiger partial charge in [-0.2, -0.15) is 13.2 Å². The van der Waals surface area contributed by atoms with Crippen LogP contribution in [0.4, 0.5) is 18.9 Å². The van der Waals surface area contributed by atoms with Gasteiger partial charge in [-0.3, -0.25) is 4.72 Å². The van der Waals surface area contributed by atoms with Crippen molar-refractivity contribution in [2.75, 3.05) is 11.8 Å². The van der Waals surface area contributed by atoms with Crippen LogP contribution >= 0.6 is 22.9 Å². The number of carbonyl (C=O) groups excluding carboxylic acids is 1. The van der Waals surface area contributed by atoms with Crippen molar-refractivity contribution in [2.24, 2.45) is 0 Å². The summed E-state index contributed by atoms with van der Waals surface area (Å²) in [5.41, 5.74) is -0.767. The van der Waals surface area contributed by atoms with Gasteiger partial charge < -0.3 is 9.47 Å². The molecule has 0 aliphatic heterocycles. The summed E-state index contributed by atoms with van der Waals surface area (Å²) in [6.07, 6.45) is -4.73. The molecule has 1 aromatic heterocycles. The second-order valence-corrected chi connectivity index (χ2v) is 9.86. The molecule has 0 unspecified atom stereocenters. The molecule has 1 N–H and O–H groups in total. The van der Waals surface area contributed by atoms with Crippen LogP contribution in [-0.2, 0) is 20.9 Å². The van der Waals surface area contributed by atoms with Gasteiger partial charge in [0.1, 0.15) is 0 Å². The third-order valence-electron chi connectivity index (χ3n) is 4.52. The van der Waals surface area contributed by atoms with Gasteiger partial charge in [0.15, 0.2) is 16.4 Å². The zero-order chi connectivity index (χ0) is 24.6. The highest BCUT2D eigenvalue weighted by atomic mass is 35.5. The van der Waals surface area contributed by atoms with E-state index in [1.54, 1.807) is 6.92 Å². The molecule has 0 fully saturated rings. The van der Waals surface area contributed by atoms with Crippen molar-refractivity contribution in [3.63, 3.8) is 0 Å². The zero-order valence-electron chi connectivity index (χ0n) is 17.4. The van der Waals surface area contributed by atoms with Gasteiger partial charge in [-0.05, 0) is 66.8 Å². The Morgan fingerprint density at radius 2 is 1.76 bits per heavy atom. The number of alkyl halides is 3. The van der Waals surface area contributed by atoms with Crippen LogP contribution in [0, 0.1) is 13.8 Å². The highest BCUT2D eigenvalue weighted by Crippen LogP contribution is 2.39. The summed E-state index contributed by atoms with van der Waals surface area (Å²) < 4.78 is 78.5. The molecule has 0 atom stereocenters. The quantitative estimate of drug-likeness (QED) is 0.380. The first kappa shape index (κ1) is 24.9. The molecular weight excluding hydrogens is 503 g/mol. The van der Waals surface area contributed by atoms with Crippen molar-refractivity contribution < 1.29 is 35.9 Å². The Balaban J connectivity index is 2.09. The number of aryl methyl sites for hydroxylation is 2. The second kappa shape index (κ2) is 9.24. The molecule has 3 rings (SSSR count). The summed E-state index contributed by atoms with van der Waals surface area (Å²) in [4.78, 5) is 11.8. The van der Waals surface area contributed by atoms with E-state index >= 15 is 0 Å². The fraction of sp³-hybridized carbons (Fsp3) is 0.190. The summed E-state index contributed by atoms with van der Waals surface area (Å²) >= 11 is 7.03. The van der Waals surface area contributed by atoms with Gasteiger partial charge in [0.2, 0.25) is 0 Å². The first-order valence-electron chi connectivity index (χ1n) is 9.18. The van der Waals surface area contributed by atoms with E-state index < -0.39 is 33.4 Å². The molecule has 176 valence electrons. The van der Waals surface area contributed by atoms with Crippen molar-refractivity contribution in [3.8, 4) is 11.5 Å². The number of methoxy groups -OCH3 is 1. The number of hydrogen-bond acceptors (Lipinski definition) is 6. The number of carbonyl (C=O) groups is 1. The van der Waals surface area contributed by atoms with E-state index in [2.05, 4.69) is 9.46 Å². The van der Waals surface area contributed by atoms with Crippen molar-refractivity contribution in [2.45, 2.75) is 24.9 Å². The standard InChI is InChI=1S/C21H17ClF3NO5S2/c1-11-9-18(12(2)8-14(11)22)33(28,29)26-15-10-13(21(23,24)25)4-5-16(15)31-17-6-7-32-19(17)20(27)30-3/h4-10,26H,1-3H3. The van der Waals surface area contributed by atoms with Crippen LogP contribution in [0.5, 0.6) is 11.5 Å². The van der Waals surface area contributed by atoms with Gasteiger partial charge in [0.25, 0.3) is 10.0 Å². The maximum absolute atomic E-state index is 13.3. The second-order valence-electron chi connectivity index (χ2n) is 6.89. The number of nitrogens with one attached hydrogen (secondary N) is 1. The molecule has 0 saturated heterocycles. The number of rotatable bonds is 6. The highest BCUT2D eigenvalue weighted by molar-refractivity contribution is 7.92. The molecule has 0 radical (unpaired) electrons. The molecular formula is C21H17ClF3NO5S2. The van der Waals surface area contributed by atoms with Gasteiger partial charge in [0.05, 0.1) is 23.3 Å². The Morgan fingerprint density at radius 1 is 1.06 bits per heavy atom. The van der Waals surface area contributed by atoms with E-state index in [0.717, 1.165) is 23.5 Å². The van der Waals surface area contributed by atoms with Crippen molar-refractivity contribution in [3.05, 3.63) is 68.4 Å². The Morgan fingerprint density at radius 3 is 2.39 bits per heavy atom. The Kier molecular flexibility index (Phi) is 6.96. The van der Waals surface area contributed by atoms with Gasteiger partial charge in [0, 0.05) is 5.02 Å². The molecule has 1 heterocycles. The first-order chi connectivity index (χ1) is 15.3. The lowest BCUT2D eigenvalue weighted by atomic mass is 10.2. The van der Waals surface area contributed by atoms with E-state index in [-0.39, 0.29) is 21.3 Å². The molecule has 0 aliphatic rings. The largest absolute Gasteiger partial charge is 0.465 e. The SMILES string of the molecule is COC(=O)c1sccc1Oc1ccc(C(F)(F)F)cc1NS(=O)(=O)c1cc(C)c(Cl)cc1C. The zero-order valence-corrected chi connectivity index (χ0v) is 19.8. The maximum Gasteiger partial charge on any atom is 0.416 e. The molecule has 0 aliphatic carbocycles. The molecule has 2 aromatic carbocycles. The van der Waals surface area contributed by atoms with Crippen LogP contribution in [-0.4, -0.2) is 21.5 Å². The smallest absolute Gasteiger partial charge is 0.416 e. The number of sulfonamides is 1. The molecule has 0 spiro atoms. The van der Waals surface area contributed by atoms with E-state index in [9.17, 15) is 26.4 Å². The number of thiophene rings is 1. The van der Waals surface area contributed by atoms with Crippen molar-refractivity contribution in [1.82, 2.24) is 0 Å². The normalized spacial score (nSPS) is 11.8. The minimum absolute atomic E-state index is 0.00516. The lowest BCUT2D eigenvalue weighted by Gasteiger charge is -2.17. The van der Waals surface area contributed by atoms with Crippen molar-refractivity contribution >= 4 is 44.6 Å². The van der Waals surface area contributed by atoms with Gasteiger partial charge >= 0.3 is 12.1 Å². The van der Waals surface area contributed by atoms with Crippen LogP contribution in [0.25, 0.3) is 0 Å². The average Bonchev–Trinajstić information content (AvgIpc) is 3.18. The summed E-state index contributed by atoms with van der Waals surface area (Å²) in [5.74, 6) is -0.939. The van der Waals surface area contributed by atoms with Crippen LogP contribution in [0.3, 0.4) is 0 Å². The number of hydrogen-bond donors (Lipinski definition) is 1. The predicted octanol–water partition coefficient (Wildman–Crippen LogP) is 6.42. The topological polar surface area (TPSA) is 81.7 Å². The summed E-state index contributed by atoms with van der Waals surface area (Å²) in [6, 6.07) is 6.52. The number of ether oxygens (including phenoxy) is 2. The summed E-state index contributed by atoms with van der Waals surface area (Å²) in [7, 11) is -3.16. The number of esters is 1. The predicted molar refractivity (Wildman–Crippen MR) is 119 cm³/mol.